The van der Waals surface area contributed by atoms with Crippen molar-refractivity contribution in [1.29, 1.82) is 0 Å². The molecule has 3 aliphatic heterocycles. The van der Waals surface area contributed by atoms with E-state index in [1.165, 1.54) is 0 Å². The van der Waals surface area contributed by atoms with Crippen LogP contribution in [0.25, 0.3) is 0 Å². The first-order chi connectivity index (χ1) is 18.4. The Labute approximate surface area is 230 Å². The molecule has 0 amide bonds. The average molecular weight is 539 g/mol. The molecule has 8 nitrogen and oxygen atoms in total. The Bertz CT molecular complexity index is 1280. The van der Waals surface area contributed by atoms with Crippen LogP contribution in [0.1, 0.15) is 74.0 Å². The van der Waals surface area contributed by atoms with Gasteiger partial charge in [-0.2, -0.15) is 0 Å². The lowest BCUT2D eigenvalue weighted by Gasteiger charge is -2.73. The van der Waals surface area contributed by atoms with Crippen LogP contribution in [-0.2, 0) is 14.2 Å². The van der Waals surface area contributed by atoms with E-state index in [0.717, 1.165) is 41.8 Å². The Morgan fingerprint density at radius 1 is 1.26 bits per heavy atom. The van der Waals surface area contributed by atoms with Gasteiger partial charge in [0.25, 0.3) is 0 Å². The maximum atomic E-state index is 13.3. The number of nitrogens with zero attached hydrogens (tertiary/aromatic N) is 1. The van der Waals surface area contributed by atoms with Gasteiger partial charge in [0.15, 0.2) is 5.79 Å². The molecule has 0 radical (unpaired) electrons. The van der Waals surface area contributed by atoms with Gasteiger partial charge < -0.3 is 34.3 Å². The first-order valence-electron chi connectivity index (χ1n) is 14.6. The molecule has 2 saturated carbocycles. The lowest BCUT2D eigenvalue weighted by Crippen LogP contribution is -2.79. The topological polar surface area (TPSA) is 104 Å². The number of H-pyrrole nitrogens is 1. The Morgan fingerprint density at radius 3 is 2.79 bits per heavy atom. The number of esters is 1. The number of likely N-dealkylation sites (N-methyl/N-ethyl adjacent to an activating group) is 1. The number of carbonyl (C=O) groups is 1. The first kappa shape index (κ1) is 26.0. The molecule has 4 heterocycles. The number of aliphatic hydroxyl groups excluding tert-OH is 1. The molecular weight excluding hydrogens is 496 g/mol. The number of ether oxygens (including phenoxy) is 3. The van der Waals surface area contributed by atoms with Crippen LogP contribution >= 0.6 is 0 Å². The highest BCUT2D eigenvalue weighted by Gasteiger charge is 2.79. The standard InChI is InChI=1S/C31H42N2O6/c1-18-16-32-19(2)25(18)26(35)38-20(3)22-8-9-30-23-7-6-21-14-29(36)11-10-27(21,4)31(23,39-29)24(34)15-28(22,30)17-33(5)12-13-37-30/h7-8,16,20-21,24,32,34,36H,6,9-15,17H2,1-5H3/t20?,21-,24-,27+,28?,29+,30+,31?/m1/s1. The number of allylic oxidation sites excluding steroid dienone is 1. The van der Waals surface area contributed by atoms with Gasteiger partial charge in [0.2, 0.25) is 0 Å². The predicted molar refractivity (Wildman–Crippen MR) is 144 cm³/mol. The second-order valence-electron chi connectivity index (χ2n) is 13.6. The van der Waals surface area contributed by atoms with Crippen molar-refractivity contribution in [2.24, 2.45) is 16.7 Å². The molecule has 1 spiro atoms. The molecule has 4 aliphatic carbocycles. The number of aromatic amines is 1. The quantitative estimate of drug-likeness (QED) is 0.399. The van der Waals surface area contributed by atoms with Crippen LogP contribution in [0.5, 0.6) is 0 Å². The monoisotopic (exact) mass is 538 g/mol. The van der Waals surface area contributed by atoms with E-state index in [-0.39, 0.29) is 17.3 Å². The lowest BCUT2D eigenvalue weighted by atomic mass is 9.41. The van der Waals surface area contributed by atoms with E-state index < -0.39 is 34.6 Å². The highest BCUT2D eigenvalue weighted by molar-refractivity contribution is 5.92. The summed E-state index contributed by atoms with van der Waals surface area (Å²) in [6, 6.07) is 0. The fourth-order valence-electron chi connectivity index (χ4n) is 9.86. The maximum absolute atomic E-state index is 13.3. The molecule has 39 heavy (non-hydrogen) atoms. The first-order valence-corrected chi connectivity index (χ1v) is 14.6. The van der Waals surface area contributed by atoms with Gasteiger partial charge in [-0.15, -0.1) is 0 Å². The largest absolute Gasteiger partial charge is 0.454 e. The summed E-state index contributed by atoms with van der Waals surface area (Å²) < 4.78 is 19.9. The third-order valence-electron chi connectivity index (χ3n) is 11.7. The van der Waals surface area contributed by atoms with Crippen LogP contribution in [0, 0.1) is 30.6 Å². The molecule has 8 rings (SSSR count). The Kier molecular flexibility index (Phi) is 5.37. The van der Waals surface area contributed by atoms with Gasteiger partial charge >= 0.3 is 5.97 Å². The van der Waals surface area contributed by atoms with E-state index >= 15 is 0 Å². The second-order valence-corrected chi connectivity index (χ2v) is 13.6. The van der Waals surface area contributed by atoms with E-state index in [2.05, 4.69) is 36.0 Å². The molecule has 0 aromatic carbocycles. The summed E-state index contributed by atoms with van der Waals surface area (Å²) in [5, 5.41) is 23.8. The fourth-order valence-corrected chi connectivity index (χ4v) is 9.86. The number of nitrogens with one attached hydrogen (secondary N) is 1. The van der Waals surface area contributed by atoms with Crippen LogP contribution in [0.2, 0.25) is 0 Å². The van der Waals surface area contributed by atoms with Crippen LogP contribution in [-0.4, -0.2) is 82.0 Å². The number of aryl methyl sites for hydroxylation is 2. The molecule has 212 valence electrons. The van der Waals surface area contributed by atoms with Gasteiger partial charge in [0.05, 0.1) is 18.3 Å². The third-order valence-corrected chi connectivity index (χ3v) is 11.7. The number of rotatable bonds is 3. The van der Waals surface area contributed by atoms with Crippen LogP contribution in [0.3, 0.4) is 0 Å². The van der Waals surface area contributed by atoms with E-state index in [1.807, 2.05) is 27.0 Å². The van der Waals surface area contributed by atoms with Crippen molar-refractivity contribution in [3.63, 3.8) is 0 Å². The number of aromatic nitrogens is 1. The van der Waals surface area contributed by atoms with Gasteiger partial charge in [0.1, 0.15) is 17.3 Å². The number of hydrogen-bond donors (Lipinski definition) is 3. The number of aliphatic hydroxyl groups is 2. The molecule has 1 aromatic rings. The van der Waals surface area contributed by atoms with E-state index in [9.17, 15) is 15.0 Å². The van der Waals surface area contributed by atoms with E-state index in [0.29, 0.717) is 44.4 Å². The molecule has 3 saturated heterocycles. The molecule has 3 N–H and O–H groups in total. The number of fused-ring (bicyclic) bond motifs is 1. The van der Waals surface area contributed by atoms with E-state index in [4.69, 9.17) is 14.2 Å². The zero-order chi connectivity index (χ0) is 27.6. The lowest BCUT2D eigenvalue weighted by molar-refractivity contribution is -0.401. The summed E-state index contributed by atoms with van der Waals surface area (Å²) in [4.78, 5) is 18.7. The zero-order valence-corrected chi connectivity index (χ0v) is 23.8. The summed E-state index contributed by atoms with van der Waals surface area (Å²) in [5.41, 5.74) is 1.65. The predicted octanol–water partition coefficient (Wildman–Crippen LogP) is 3.55. The molecule has 7 aliphatic rings. The molecule has 8 atom stereocenters. The summed E-state index contributed by atoms with van der Waals surface area (Å²) in [6.07, 6.45) is 8.89. The minimum atomic E-state index is -1.22. The van der Waals surface area contributed by atoms with Gasteiger partial charge in [-0.1, -0.05) is 19.1 Å². The van der Waals surface area contributed by atoms with Crippen molar-refractivity contribution in [2.45, 2.75) is 95.4 Å². The molecule has 4 bridgehead atoms. The smallest absolute Gasteiger partial charge is 0.340 e. The van der Waals surface area contributed by atoms with Gasteiger partial charge in [-0.05, 0) is 76.1 Å². The van der Waals surface area contributed by atoms with E-state index in [1.54, 1.807) is 0 Å². The average Bonchev–Trinajstić information content (AvgIpc) is 3.31. The normalized spacial score (nSPS) is 45.4. The Morgan fingerprint density at radius 2 is 2.05 bits per heavy atom. The van der Waals surface area contributed by atoms with Crippen molar-refractivity contribution in [1.82, 2.24) is 9.88 Å². The van der Waals surface area contributed by atoms with Crippen molar-refractivity contribution < 1.29 is 29.2 Å². The minimum absolute atomic E-state index is 0.252. The van der Waals surface area contributed by atoms with Gasteiger partial charge in [-0.3, -0.25) is 0 Å². The van der Waals surface area contributed by atoms with Crippen LogP contribution < -0.4 is 0 Å². The van der Waals surface area contributed by atoms with Crippen molar-refractivity contribution in [2.75, 3.05) is 26.7 Å². The van der Waals surface area contributed by atoms with Crippen LogP contribution in [0.4, 0.5) is 0 Å². The molecule has 8 heteroatoms. The van der Waals surface area contributed by atoms with Crippen molar-refractivity contribution in [3.05, 3.63) is 46.3 Å². The third kappa shape index (κ3) is 3.05. The summed E-state index contributed by atoms with van der Waals surface area (Å²) in [5.74, 6) is -1.31. The summed E-state index contributed by atoms with van der Waals surface area (Å²) in [6.45, 7) is 10.0. The van der Waals surface area contributed by atoms with Gasteiger partial charge in [-0.25, -0.2) is 4.79 Å². The second kappa shape index (κ2) is 8.07. The summed E-state index contributed by atoms with van der Waals surface area (Å²) >= 11 is 0. The van der Waals surface area contributed by atoms with Crippen LogP contribution in [0.15, 0.2) is 29.5 Å². The summed E-state index contributed by atoms with van der Waals surface area (Å²) in [7, 11) is 2.10. The highest BCUT2D eigenvalue weighted by Crippen LogP contribution is 2.74. The zero-order valence-electron chi connectivity index (χ0n) is 23.8. The molecule has 1 aromatic heterocycles. The Balaban J connectivity index is 1.33. The van der Waals surface area contributed by atoms with Crippen molar-refractivity contribution in [3.8, 4) is 0 Å². The highest BCUT2D eigenvalue weighted by atomic mass is 16.7. The molecular formula is C31H42N2O6. The molecule has 3 unspecified atom stereocenters. The minimum Gasteiger partial charge on any atom is -0.454 e. The SMILES string of the molecule is Cc1c[nH]c(C)c1C(=O)OC(C)C1=CC[C@@]23OCCN(C)CC12C[C@@H](O)C12O[C@@]4(O)CC[C@@]1(C)[C@H](CC=C23)C4. The fraction of sp³-hybridized carbons (Fsp3) is 0.710. The number of hydrogen-bond acceptors (Lipinski definition) is 7. The van der Waals surface area contributed by atoms with Gasteiger partial charge in [0, 0.05) is 48.7 Å². The van der Waals surface area contributed by atoms with Crippen molar-refractivity contribution >= 4 is 5.97 Å². The Hall–Kier alpha value is -1.97. The number of carbonyl (C=O) groups excluding carboxylic acids is 1. The molecule has 5 fully saturated rings. The maximum Gasteiger partial charge on any atom is 0.340 e.